The fraction of sp³-hybridized carbons (Fsp3) is 0.429. The zero-order valence-electron chi connectivity index (χ0n) is 21.1. The highest BCUT2D eigenvalue weighted by molar-refractivity contribution is 6.46. The van der Waals surface area contributed by atoms with Crippen molar-refractivity contribution in [1.29, 1.82) is 0 Å². The van der Waals surface area contributed by atoms with Gasteiger partial charge in [0.15, 0.2) is 0 Å². The van der Waals surface area contributed by atoms with Crippen molar-refractivity contribution in [3.63, 3.8) is 0 Å². The lowest BCUT2D eigenvalue weighted by Gasteiger charge is -2.27. The van der Waals surface area contributed by atoms with Gasteiger partial charge in [-0.3, -0.25) is 19.7 Å². The summed E-state index contributed by atoms with van der Waals surface area (Å²) in [6.07, 6.45) is 5.10. The molecule has 8 heteroatoms. The van der Waals surface area contributed by atoms with E-state index < -0.39 is 22.7 Å². The van der Waals surface area contributed by atoms with Crippen LogP contribution in [0.5, 0.6) is 0 Å². The third-order valence-electron chi connectivity index (χ3n) is 6.54. The first-order valence-electron chi connectivity index (χ1n) is 12.7. The van der Waals surface area contributed by atoms with E-state index in [2.05, 4.69) is 18.7 Å². The normalized spacial score (nSPS) is 17.2. The maximum atomic E-state index is 13.1. The van der Waals surface area contributed by atoms with Crippen LogP contribution in [0.15, 0.2) is 60.2 Å². The molecule has 0 unspecified atom stereocenters. The number of ketones is 1. The van der Waals surface area contributed by atoms with Gasteiger partial charge in [-0.1, -0.05) is 57.0 Å². The van der Waals surface area contributed by atoms with Crippen LogP contribution in [0.2, 0.25) is 0 Å². The second kappa shape index (κ2) is 13.0. The van der Waals surface area contributed by atoms with Gasteiger partial charge in [0.1, 0.15) is 5.76 Å². The van der Waals surface area contributed by atoms with Crippen LogP contribution in [-0.2, 0) is 9.59 Å². The maximum absolute atomic E-state index is 13.1. The number of Topliss-reactive ketones (excluding diaryl/α,β-unsaturated/α-hetero) is 1. The number of nitro groups is 1. The van der Waals surface area contributed by atoms with Crippen LogP contribution in [0.3, 0.4) is 0 Å². The monoisotopic (exact) mass is 493 g/mol. The van der Waals surface area contributed by atoms with Gasteiger partial charge in [-0.15, -0.1) is 0 Å². The molecule has 0 spiro atoms. The number of carbonyl (C=O) groups is 2. The molecular formula is C28H35N3O5. The van der Waals surface area contributed by atoms with Crippen LogP contribution in [-0.4, -0.2) is 57.7 Å². The molecule has 1 atom stereocenters. The highest BCUT2D eigenvalue weighted by Gasteiger charge is 2.45. The highest BCUT2D eigenvalue weighted by atomic mass is 16.6. The van der Waals surface area contributed by atoms with E-state index in [9.17, 15) is 24.8 Å². The van der Waals surface area contributed by atoms with E-state index >= 15 is 0 Å². The average molecular weight is 494 g/mol. The lowest BCUT2D eigenvalue weighted by Crippen LogP contribution is -2.34. The molecule has 0 aromatic heterocycles. The van der Waals surface area contributed by atoms with Gasteiger partial charge in [-0.2, -0.15) is 0 Å². The molecule has 0 bridgehead atoms. The summed E-state index contributed by atoms with van der Waals surface area (Å²) in [5, 5.41) is 22.2. The maximum Gasteiger partial charge on any atom is 0.295 e. The molecule has 0 radical (unpaired) electrons. The van der Waals surface area contributed by atoms with E-state index in [1.165, 1.54) is 17.0 Å². The van der Waals surface area contributed by atoms with Crippen molar-refractivity contribution in [1.82, 2.24) is 9.80 Å². The fourth-order valence-corrected chi connectivity index (χ4v) is 4.55. The Labute approximate surface area is 212 Å². The Bertz CT molecular complexity index is 1070. The van der Waals surface area contributed by atoms with Crippen molar-refractivity contribution in [2.75, 3.05) is 26.2 Å². The van der Waals surface area contributed by atoms with Gasteiger partial charge in [-0.05, 0) is 56.6 Å². The molecule has 36 heavy (non-hydrogen) atoms. The summed E-state index contributed by atoms with van der Waals surface area (Å²) in [6, 6.07) is 13.6. The molecule has 192 valence electrons. The molecule has 8 nitrogen and oxygen atoms in total. The second-order valence-electron chi connectivity index (χ2n) is 9.11. The van der Waals surface area contributed by atoms with Gasteiger partial charge >= 0.3 is 0 Å². The Balaban J connectivity index is 1.92. The quantitative estimate of drug-likeness (QED) is 0.133. The number of carbonyl (C=O) groups excluding carboxylic acids is 2. The van der Waals surface area contributed by atoms with E-state index in [4.69, 9.17) is 0 Å². The van der Waals surface area contributed by atoms with E-state index in [1.807, 2.05) is 0 Å². The summed E-state index contributed by atoms with van der Waals surface area (Å²) >= 11 is 0. The van der Waals surface area contributed by atoms with Gasteiger partial charge in [0.2, 0.25) is 0 Å². The number of amides is 1. The zero-order valence-corrected chi connectivity index (χ0v) is 21.1. The summed E-state index contributed by atoms with van der Waals surface area (Å²) in [5.74, 6) is -1.65. The van der Waals surface area contributed by atoms with Crippen LogP contribution in [0.4, 0.5) is 5.69 Å². The topological polar surface area (TPSA) is 104 Å². The summed E-state index contributed by atoms with van der Waals surface area (Å²) in [5.41, 5.74) is 0.911. The van der Waals surface area contributed by atoms with Gasteiger partial charge in [-0.25, -0.2) is 0 Å². The zero-order chi connectivity index (χ0) is 26.1. The Morgan fingerprint density at radius 1 is 0.944 bits per heavy atom. The number of non-ortho nitro benzene ring substituents is 1. The van der Waals surface area contributed by atoms with Crippen molar-refractivity contribution < 1.29 is 19.6 Å². The van der Waals surface area contributed by atoms with E-state index in [1.54, 1.807) is 42.5 Å². The van der Waals surface area contributed by atoms with Crippen LogP contribution in [0, 0.1) is 10.1 Å². The van der Waals surface area contributed by atoms with E-state index in [0.29, 0.717) is 24.1 Å². The lowest BCUT2D eigenvalue weighted by atomic mass is 9.95. The number of benzene rings is 2. The molecule has 1 aliphatic heterocycles. The summed E-state index contributed by atoms with van der Waals surface area (Å²) in [6.45, 7) is 7.45. The number of nitrogens with zero attached hydrogens (tertiary/aromatic N) is 3. The van der Waals surface area contributed by atoms with Crippen molar-refractivity contribution in [3.8, 4) is 0 Å². The molecule has 1 fully saturated rings. The number of likely N-dealkylation sites (tertiary alicyclic amines) is 1. The minimum atomic E-state index is -0.814. The fourth-order valence-electron chi connectivity index (χ4n) is 4.55. The van der Waals surface area contributed by atoms with Crippen LogP contribution < -0.4 is 0 Å². The predicted molar refractivity (Wildman–Crippen MR) is 139 cm³/mol. The van der Waals surface area contributed by atoms with Gasteiger partial charge < -0.3 is 14.9 Å². The standard InChI is InChI=1S/C28H35N3O5/c1-3-5-17-29(18-6-4-2)19-10-20-30-25(21-13-15-23(16-14-21)31(35)36)24(27(33)28(30)34)26(32)22-11-8-7-9-12-22/h7-9,11-16,25,32H,3-6,10,17-20H2,1-2H3/t25-/m0/s1. The molecular weight excluding hydrogens is 458 g/mol. The smallest absolute Gasteiger partial charge is 0.295 e. The predicted octanol–water partition coefficient (Wildman–Crippen LogP) is 5.31. The van der Waals surface area contributed by atoms with Crippen molar-refractivity contribution >= 4 is 23.1 Å². The number of aliphatic hydroxyl groups is 1. The first kappa shape index (κ1) is 27.1. The largest absolute Gasteiger partial charge is 0.507 e. The number of nitro benzene ring substituents is 1. The minimum absolute atomic E-state index is 0.00822. The number of unbranched alkanes of at least 4 members (excludes halogenated alkanes) is 2. The molecule has 1 saturated heterocycles. The van der Waals surface area contributed by atoms with Crippen molar-refractivity contribution in [2.45, 2.75) is 52.0 Å². The first-order chi connectivity index (χ1) is 17.4. The molecule has 1 aliphatic rings. The van der Waals surface area contributed by atoms with Gasteiger partial charge in [0, 0.05) is 24.2 Å². The summed E-state index contributed by atoms with van der Waals surface area (Å²) in [7, 11) is 0. The van der Waals surface area contributed by atoms with Crippen LogP contribution in [0.25, 0.3) is 5.76 Å². The second-order valence-corrected chi connectivity index (χ2v) is 9.11. The Morgan fingerprint density at radius 2 is 1.53 bits per heavy atom. The summed E-state index contributed by atoms with van der Waals surface area (Å²) < 4.78 is 0. The minimum Gasteiger partial charge on any atom is -0.507 e. The van der Waals surface area contributed by atoms with Gasteiger partial charge in [0.25, 0.3) is 17.4 Å². The molecule has 0 aliphatic carbocycles. The number of rotatable bonds is 13. The van der Waals surface area contributed by atoms with Crippen molar-refractivity contribution in [3.05, 3.63) is 81.4 Å². The van der Waals surface area contributed by atoms with E-state index in [-0.39, 0.29) is 17.0 Å². The number of hydrogen-bond acceptors (Lipinski definition) is 6. The third-order valence-corrected chi connectivity index (χ3v) is 6.54. The van der Waals surface area contributed by atoms with Crippen molar-refractivity contribution in [2.24, 2.45) is 0 Å². The molecule has 2 aromatic carbocycles. The molecule has 1 N–H and O–H groups in total. The highest BCUT2D eigenvalue weighted by Crippen LogP contribution is 2.39. The Hall–Kier alpha value is -3.52. The number of aliphatic hydroxyl groups excluding tert-OH is 1. The van der Waals surface area contributed by atoms with Crippen LogP contribution in [0.1, 0.15) is 63.1 Å². The molecule has 1 amide bonds. The molecule has 1 heterocycles. The summed E-state index contributed by atoms with van der Waals surface area (Å²) in [4.78, 5) is 40.8. The lowest BCUT2D eigenvalue weighted by molar-refractivity contribution is -0.384. The first-order valence-corrected chi connectivity index (χ1v) is 12.7. The Morgan fingerprint density at radius 3 is 2.08 bits per heavy atom. The molecule has 3 rings (SSSR count). The van der Waals surface area contributed by atoms with Gasteiger partial charge in [0.05, 0.1) is 16.5 Å². The Kier molecular flexibility index (Phi) is 9.76. The SMILES string of the molecule is CCCCN(CCCC)CCCN1C(=O)C(=O)C(=C(O)c2ccccc2)[C@@H]1c1ccc([N+](=O)[O-])cc1. The molecule has 0 saturated carbocycles. The van der Waals surface area contributed by atoms with E-state index in [0.717, 1.165) is 45.3 Å². The molecule has 2 aromatic rings. The number of hydrogen-bond donors (Lipinski definition) is 1. The third kappa shape index (κ3) is 6.37. The average Bonchev–Trinajstić information content (AvgIpc) is 3.15. The van der Waals surface area contributed by atoms with Crippen LogP contribution >= 0.6 is 0 Å².